The summed E-state index contributed by atoms with van der Waals surface area (Å²) in [6.45, 7) is 8.62. The van der Waals surface area contributed by atoms with Gasteiger partial charge >= 0.3 is 0 Å². The molecule has 2 heterocycles. The summed E-state index contributed by atoms with van der Waals surface area (Å²) >= 11 is 3.62. The van der Waals surface area contributed by atoms with E-state index in [2.05, 4.69) is 99.5 Å². The molecule has 0 atom stereocenters. The first-order valence-electron chi connectivity index (χ1n) is 8.96. The number of allylic oxidation sites excluding steroid dienone is 5. The molecular formula is C23H18BrN3. The molecule has 1 aliphatic rings. The van der Waals surface area contributed by atoms with Crippen LogP contribution < -0.4 is 0 Å². The topological polar surface area (TPSA) is 30.2 Å². The van der Waals surface area contributed by atoms with Crippen molar-refractivity contribution in [1.29, 1.82) is 0 Å². The highest BCUT2D eigenvalue weighted by molar-refractivity contribution is 9.10. The third kappa shape index (κ3) is 2.40. The van der Waals surface area contributed by atoms with E-state index >= 15 is 0 Å². The molecule has 0 unspecified atom stereocenters. The van der Waals surface area contributed by atoms with Crippen molar-refractivity contribution >= 4 is 48.8 Å². The SMILES string of the molecule is C=C1CC(C)=C(C)C=C1c1nnc2c3ccccc3c3cc(Br)ccc3n12. The second-order valence-corrected chi connectivity index (χ2v) is 8.11. The van der Waals surface area contributed by atoms with Crippen molar-refractivity contribution in [2.24, 2.45) is 0 Å². The van der Waals surface area contributed by atoms with Gasteiger partial charge in [0.15, 0.2) is 11.5 Å². The molecule has 5 rings (SSSR count). The van der Waals surface area contributed by atoms with Crippen LogP contribution in [0.5, 0.6) is 0 Å². The van der Waals surface area contributed by atoms with Gasteiger partial charge in [-0.3, -0.25) is 4.40 Å². The fourth-order valence-corrected chi connectivity index (χ4v) is 4.27. The van der Waals surface area contributed by atoms with E-state index in [4.69, 9.17) is 0 Å². The third-order valence-corrected chi connectivity index (χ3v) is 5.95. The molecule has 1 aliphatic carbocycles. The van der Waals surface area contributed by atoms with E-state index < -0.39 is 0 Å². The molecule has 0 amide bonds. The first kappa shape index (κ1) is 16.5. The standard InChI is InChI=1S/C23H18BrN3/c1-13-10-15(3)19(11-14(13)2)23-26-25-22-18-7-5-4-6-17(18)20-12-16(24)8-9-21(20)27(22)23/h4-9,11-12H,3,10H2,1-2H3. The van der Waals surface area contributed by atoms with Crippen molar-refractivity contribution in [3.63, 3.8) is 0 Å². The Morgan fingerprint density at radius 3 is 2.59 bits per heavy atom. The van der Waals surface area contributed by atoms with Crippen LogP contribution in [0.15, 0.2) is 76.3 Å². The Kier molecular flexibility index (Phi) is 3.59. The Bertz CT molecular complexity index is 1340. The van der Waals surface area contributed by atoms with Crippen molar-refractivity contribution in [2.75, 3.05) is 0 Å². The zero-order chi connectivity index (χ0) is 18.7. The molecule has 0 bridgehead atoms. The quantitative estimate of drug-likeness (QED) is 0.333. The maximum absolute atomic E-state index is 4.60. The molecule has 0 saturated heterocycles. The zero-order valence-corrected chi connectivity index (χ0v) is 16.8. The van der Waals surface area contributed by atoms with Gasteiger partial charge in [0, 0.05) is 20.8 Å². The van der Waals surface area contributed by atoms with Gasteiger partial charge in [0.1, 0.15) is 0 Å². The summed E-state index contributed by atoms with van der Waals surface area (Å²) in [5.74, 6) is 0.861. The summed E-state index contributed by atoms with van der Waals surface area (Å²) in [5.41, 5.74) is 6.78. The fraction of sp³-hybridized carbons (Fsp3) is 0.130. The van der Waals surface area contributed by atoms with Gasteiger partial charge in [-0.05, 0) is 55.5 Å². The summed E-state index contributed by atoms with van der Waals surface area (Å²) in [6.07, 6.45) is 3.07. The maximum atomic E-state index is 4.60. The van der Waals surface area contributed by atoms with Crippen LogP contribution in [0, 0.1) is 0 Å². The number of hydrogen-bond donors (Lipinski definition) is 0. The van der Waals surface area contributed by atoms with Crippen molar-refractivity contribution in [3.8, 4) is 0 Å². The van der Waals surface area contributed by atoms with Gasteiger partial charge in [-0.2, -0.15) is 0 Å². The minimum atomic E-state index is 0.861. The minimum Gasteiger partial charge on any atom is -0.274 e. The number of aromatic nitrogens is 3. The molecule has 4 aromatic rings. The summed E-state index contributed by atoms with van der Waals surface area (Å²) in [5, 5.41) is 12.6. The molecule has 2 aromatic heterocycles. The van der Waals surface area contributed by atoms with E-state index in [1.807, 2.05) is 0 Å². The summed E-state index contributed by atoms with van der Waals surface area (Å²) in [4.78, 5) is 0. The van der Waals surface area contributed by atoms with Gasteiger partial charge in [0.25, 0.3) is 0 Å². The molecule has 0 fully saturated rings. The molecule has 27 heavy (non-hydrogen) atoms. The smallest absolute Gasteiger partial charge is 0.169 e. The molecule has 2 aromatic carbocycles. The molecular weight excluding hydrogens is 398 g/mol. The third-order valence-electron chi connectivity index (χ3n) is 5.46. The summed E-state index contributed by atoms with van der Waals surface area (Å²) < 4.78 is 3.24. The van der Waals surface area contributed by atoms with Gasteiger partial charge in [-0.25, -0.2) is 0 Å². The van der Waals surface area contributed by atoms with Gasteiger partial charge in [-0.1, -0.05) is 57.9 Å². The van der Waals surface area contributed by atoms with Gasteiger partial charge in [0.2, 0.25) is 0 Å². The average molecular weight is 416 g/mol. The van der Waals surface area contributed by atoms with Crippen molar-refractivity contribution in [2.45, 2.75) is 20.3 Å². The maximum Gasteiger partial charge on any atom is 0.169 e. The zero-order valence-electron chi connectivity index (χ0n) is 15.3. The van der Waals surface area contributed by atoms with Crippen LogP contribution >= 0.6 is 15.9 Å². The van der Waals surface area contributed by atoms with E-state index in [1.54, 1.807) is 0 Å². The van der Waals surface area contributed by atoms with E-state index in [0.717, 1.165) is 44.4 Å². The largest absolute Gasteiger partial charge is 0.274 e. The Morgan fingerprint density at radius 1 is 1.00 bits per heavy atom. The number of pyridine rings is 1. The van der Waals surface area contributed by atoms with E-state index in [9.17, 15) is 0 Å². The number of rotatable bonds is 1. The predicted molar refractivity (Wildman–Crippen MR) is 116 cm³/mol. The average Bonchev–Trinajstić information content (AvgIpc) is 3.10. The highest BCUT2D eigenvalue weighted by atomic mass is 79.9. The molecule has 0 aliphatic heterocycles. The molecule has 0 saturated carbocycles. The van der Waals surface area contributed by atoms with Crippen LogP contribution in [0.2, 0.25) is 0 Å². The van der Waals surface area contributed by atoms with Crippen molar-refractivity contribution in [1.82, 2.24) is 14.6 Å². The first-order chi connectivity index (χ1) is 13.0. The van der Waals surface area contributed by atoms with Gasteiger partial charge in [0.05, 0.1) is 5.52 Å². The monoisotopic (exact) mass is 415 g/mol. The van der Waals surface area contributed by atoms with Crippen LogP contribution in [0.3, 0.4) is 0 Å². The number of fused-ring (bicyclic) bond motifs is 6. The Balaban J connectivity index is 1.96. The normalized spacial score (nSPS) is 15.2. The van der Waals surface area contributed by atoms with Crippen LogP contribution in [0.4, 0.5) is 0 Å². The fourth-order valence-electron chi connectivity index (χ4n) is 3.91. The molecule has 0 radical (unpaired) electrons. The Labute approximate surface area is 165 Å². The number of halogens is 1. The Hall–Kier alpha value is -2.72. The van der Waals surface area contributed by atoms with Crippen molar-refractivity contribution < 1.29 is 0 Å². The molecule has 0 N–H and O–H groups in total. The van der Waals surface area contributed by atoms with Crippen LogP contribution in [0.25, 0.3) is 32.9 Å². The number of benzene rings is 2. The lowest BCUT2D eigenvalue weighted by molar-refractivity contribution is 1.04. The predicted octanol–water partition coefficient (Wildman–Crippen LogP) is 6.48. The van der Waals surface area contributed by atoms with Gasteiger partial charge < -0.3 is 0 Å². The minimum absolute atomic E-state index is 0.861. The molecule has 4 heteroatoms. The lowest BCUT2D eigenvalue weighted by atomic mass is 9.90. The van der Waals surface area contributed by atoms with Crippen LogP contribution in [0.1, 0.15) is 26.1 Å². The first-order valence-corrected chi connectivity index (χ1v) is 9.75. The lowest BCUT2D eigenvalue weighted by Gasteiger charge is -2.18. The van der Waals surface area contributed by atoms with Crippen LogP contribution in [-0.4, -0.2) is 14.6 Å². The highest BCUT2D eigenvalue weighted by Crippen LogP contribution is 2.36. The lowest BCUT2D eigenvalue weighted by Crippen LogP contribution is -2.03. The summed E-state index contributed by atoms with van der Waals surface area (Å²) in [6, 6.07) is 14.7. The second kappa shape index (κ2) is 5.89. The number of hydrogen-bond acceptors (Lipinski definition) is 2. The van der Waals surface area contributed by atoms with E-state index in [1.165, 1.54) is 21.9 Å². The second-order valence-electron chi connectivity index (χ2n) is 7.19. The van der Waals surface area contributed by atoms with Crippen molar-refractivity contribution in [3.05, 3.63) is 82.1 Å². The van der Waals surface area contributed by atoms with E-state index in [-0.39, 0.29) is 0 Å². The highest BCUT2D eigenvalue weighted by Gasteiger charge is 2.21. The molecule has 132 valence electrons. The van der Waals surface area contributed by atoms with E-state index in [0.29, 0.717) is 0 Å². The summed E-state index contributed by atoms with van der Waals surface area (Å²) in [7, 11) is 0. The Morgan fingerprint density at radius 2 is 1.78 bits per heavy atom. The van der Waals surface area contributed by atoms with Crippen LogP contribution in [-0.2, 0) is 0 Å². The molecule has 3 nitrogen and oxygen atoms in total. The van der Waals surface area contributed by atoms with Gasteiger partial charge in [-0.15, -0.1) is 10.2 Å². The molecule has 0 spiro atoms. The number of nitrogens with zero attached hydrogens (tertiary/aromatic N) is 3.